The zero-order chi connectivity index (χ0) is 63.5. The van der Waals surface area contributed by atoms with Crippen LogP contribution >= 0.6 is 8.03 Å². The van der Waals surface area contributed by atoms with Gasteiger partial charge >= 0.3 is 17.9 Å². The van der Waals surface area contributed by atoms with Gasteiger partial charge in [0.05, 0.1) is 19.3 Å². The van der Waals surface area contributed by atoms with Crippen LogP contribution < -0.4 is 27.8 Å². The van der Waals surface area contributed by atoms with Crippen molar-refractivity contribution in [3.8, 4) is 0 Å². The SMILES string of the molecule is CCCCCCCCCCCCCCCC(=O)OC([C@H](CO)OC(=O)CCCCCCCCCCCCCCC)[C@@](C)(N)C(=O)N[C@H](CCC(=O)N(CC(C)O[C@H]1[C@H](O)[C@@H](CO)O[C@H](O)[C@@H]1NC(C)=O)[C@@H](C)C(=O)O)C(N)=O.NCC[PH](=O)O. The molecule has 84 heavy (non-hydrogen) atoms. The van der Waals surface area contributed by atoms with Crippen molar-refractivity contribution in [3.05, 3.63) is 0 Å². The number of carbonyl (C=O) groups is 7. The third kappa shape index (κ3) is 35.7. The molecule has 0 aromatic heterocycles. The van der Waals surface area contributed by atoms with E-state index in [1.54, 1.807) is 0 Å². The monoisotopic (exact) mass is 1220 g/mol. The zero-order valence-electron chi connectivity index (χ0n) is 51.8. The summed E-state index contributed by atoms with van der Waals surface area (Å²) in [4.78, 5) is 101. The van der Waals surface area contributed by atoms with Gasteiger partial charge < -0.3 is 82.1 Å². The van der Waals surface area contributed by atoms with Crippen LogP contribution in [0.4, 0.5) is 0 Å². The van der Waals surface area contributed by atoms with Gasteiger partial charge in [-0.05, 0) is 40.0 Å². The molecule has 4 amide bonds. The third-order valence-corrected chi connectivity index (χ3v) is 15.7. The summed E-state index contributed by atoms with van der Waals surface area (Å²) >= 11 is 0. The predicted octanol–water partition coefficient (Wildman–Crippen LogP) is 5.30. The molecule has 25 heteroatoms. The first-order valence-corrected chi connectivity index (χ1v) is 32.9. The standard InChI is InChI=1S/C57H105N5O16.C2H8NO2P/c1-7-9-11-13-15-17-19-21-23-25-27-29-31-33-47(67)76-45(39-64)52(78-48(68)34-32-30-28-26-24-22-20-18-16-14-12-10-8-2)57(6,59)56(74)61-43(53(58)70)35-36-46(66)62(41(4)54(71)72)37-40(3)75-51-49(60-42(5)65)55(73)77-44(38-63)50(51)69;3-1-2-6(4)5/h40-41,43-45,49-52,55,63-64,69,73H,7-39,59H2,1-6H3,(H2,58,70)(H,60,65)(H,61,74)(H,71,72);6H,1-3H2,(H,4,5)/t40?,41-,43+,44+,45-,49+,50+,51+,52?,55-,57+;/m0./s1. The van der Waals surface area contributed by atoms with Gasteiger partial charge in [0.15, 0.2) is 26.5 Å². The number of unbranched alkanes of at least 4 members (excludes halogenated alkanes) is 24. The molecule has 0 spiro atoms. The molecular formula is C59H113N6O18P. The Hall–Kier alpha value is -3.84. The van der Waals surface area contributed by atoms with E-state index in [0.29, 0.717) is 19.4 Å². The minimum Gasteiger partial charge on any atom is -0.480 e. The average molecular weight is 1230 g/mol. The highest BCUT2D eigenvalue weighted by Gasteiger charge is 2.49. The quantitative estimate of drug-likeness (QED) is 0.0209. The van der Waals surface area contributed by atoms with Crippen LogP contribution in [0.5, 0.6) is 0 Å². The summed E-state index contributed by atoms with van der Waals surface area (Å²) in [5.41, 5.74) is 15.0. The topological polar surface area (TPSA) is 400 Å². The lowest BCUT2D eigenvalue weighted by molar-refractivity contribution is -0.268. The highest BCUT2D eigenvalue weighted by atomic mass is 31.1. The molecule has 14 N–H and O–H groups in total. The number of aliphatic hydroxyl groups excluding tert-OH is 4. The molecule has 0 saturated carbocycles. The Morgan fingerprint density at radius 2 is 1.15 bits per heavy atom. The largest absolute Gasteiger partial charge is 0.480 e. The maximum absolute atomic E-state index is 14.2. The Morgan fingerprint density at radius 3 is 1.52 bits per heavy atom. The van der Waals surface area contributed by atoms with E-state index in [1.165, 1.54) is 117 Å². The average Bonchev–Trinajstić information content (AvgIpc) is 2.88. The lowest BCUT2D eigenvalue weighted by Gasteiger charge is -2.43. The van der Waals surface area contributed by atoms with Crippen LogP contribution in [-0.4, -0.2) is 176 Å². The molecule has 0 aliphatic carbocycles. The number of carbonyl (C=O) groups excluding carboxylic acids is 6. The minimum absolute atomic E-state index is 0.00392. The molecule has 492 valence electrons. The van der Waals surface area contributed by atoms with Gasteiger partial charge in [-0.25, -0.2) is 4.79 Å². The number of ether oxygens (including phenoxy) is 4. The van der Waals surface area contributed by atoms with Crippen molar-refractivity contribution in [3.63, 3.8) is 0 Å². The van der Waals surface area contributed by atoms with Crippen LogP contribution in [0.1, 0.15) is 234 Å². The van der Waals surface area contributed by atoms with E-state index in [-0.39, 0.29) is 19.0 Å². The number of nitrogens with one attached hydrogen (secondary N) is 2. The van der Waals surface area contributed by atoms with E-state index in [9.17, 15) is 63.7 Å². The van der Waals surface area contributed by atoms with Crippen molar-refractivity contribution in [2.24, 2.45) is 17.2 Å². The van der Waals surface area contributed by atoms with Gasteiger partial charge in [0, 0.05) is 45.4 Å². The van der Waals surface area contributed by atoms with Gasteiger partial charge in [0.1, 0.15) is 42.0 Å². The van der Waals surface area contributed by atoms with E-state index in [0.717, 1.165) is 69.6 Å². The molecule has 1 saturated heterocycles. The van der Waals surface area contributed by atoms with Crippen molar-refractivity contribution in [2.45, 2.75) is 301 Å². The molecule has 3 unspecified atom stereocenters. The number of nitrogens with zero attached hydrogens (tertiary/aromatic N) is 1. The summed E-state index contributed by atoms with van der Waals surface area (Å²) in [5.74, 6) is -6.49. The molecule has 24 nitrogen and oxygen atoms in total. The summed E-state index contributed by atoms with van der Waals surface area (Å²) in [6, 6.07) is -4.39. The first-order chi connectivity index (χ1) is 39.9. The third-order valence-electron chi connectivity index (χ3n) is 15.0. The first kappa shape index (κ1) is 80.2. The smallest absolute Gasteiger partial charge is 0.326 e. The highest BCUT2D eigenvalue weighted by Crippen LogP contribution is 2.26. The summed E-state index contributed by atoms with van der Waals surface area (Å²) in [6.45, 7) is 7.71. The van der Waals surface area contributed by atoms with Crippen molar-refractivity contribution in [1.82, 2.24) is 15.5 Å². The molecule has 1 fully saturated rings. The normalized spacial score (nSPS) is 19.7. The van der Waals surface area contributed by atoms with E-state index in [2.05, 4.69) is 24.5 Å². The van der Waals surface area contributed by atoms with E-state index in [1.807, 2.05) is 0 Å². The lowest BCUT2D eigenvalue weighted by atomic mass is 9.89. The molecule has 12 atom stereocenters. The fourth-order valence-corrected chi connectivity index (χ4v) is 10.1. The number of carboxylic acids is 1. The molecule has 0 bridgehead atoms. The number of primary amides is 1. The van der Waals surface area contributed by atoms with Gasteiger partial charge in [0.25, 0.3) is 0 Å². The number of amides is 4. The Morgan fingerprint density at radius 1 is 0.714 bits per heavy atom. The number of aliphatic carboxylic acids is 1. The Bertz CT molecular complexity index is 1860. The van der Waals surface area contributed by atoms with Crippen molar-refractivity contribution in [2.75, 3.05) is 32.5 Å². The highest BCUT2D eigenvalue weighted by molar-refractivity contribution is 7.38. The Kier molecular flexibility index (Phi) is 46.0. The molecular weight excluding hydrogens is 1110 g/mol. The summed E-state index contributed by atoms with van der Waals surface area (Å²) < 4.78 is 32.4. The second-order valence-corrected chi connectivity index (χ2v) is 24.0. The van der Waals surface area contributed by atoms with Crippen LogP contribution in [0.25, 0.3) is 0 Å². The van der Waals surface area contributed by atoms with Gasteiger partial charge in [0.2, 0.25) is 23.6 Å². The summed E-state index contributed by atoms with van der Waals surface area (Å²) in [6.07, 6.45) is 17.4. The molecule has 1 heterocycles. The minimum atomic E-state index is -2.27. The van der Waals surface area contributed by atoms with Crippen LogP contribution in [0.3, 0.4) is 0 Å². The van der Waals surface area contributed by atoms with Crippen molar-refractivity contribution < 1.29 is 87.5 Å². The number of hydrogen-bond acceptors (Lipinski definition) is 18. The molecule has 1 aliphatic heterocycles. The second kappa shape index (κ2) is 48.2. The first-order valence-electron chi connectivity index (χ1n) is 31.3. The fraction of sp³-hybridized carbons (Fsp3) is 0.881. The van der Waals surface area contributed by atoms with E-state index >= 15 is 0 Å². The van der Waals surface area contributed by atoms with Crippen LogP contribution in [-0.2, 0) is 57.1 Å². The van der Waals surface area contributed by atoms with Gasteiger partial charge in [-0.3, -0.25) is 33.3 Å². The number of nitrogens with two attached hydrogens (primary N) is 3. The maximum atomic E-state index is 14.2. The molecule has 0 aromatic carbocycles. The fourth-order valence-electron chi connectivity index (χ4n) is 9.88. The van der Waals surface area contributed by atoms with Gasteiger partial charge in [-0.1, -0.05) is 168 Å². The predicted molar refractivity (Wildman–Crippen MR) is 320 cm³/mol. The van der Waals surface area contributed by atoms with E-state index < -0.39 is 149 Å². The van der Waals surface area contributed by atoms with Crippen LogP contribution in [0.15, 0.2) is 0 Å². The van der Waals surface area contributed by atoms with Gasteiger partial charge in [-0.2, -0.15) is 0 Å². The van der Waals surface area contributed by atoms with Crippen molar-refractivity contribution >= 4 is 49.6 Å². The Labute approximate surface area is 501 Å². The number of hydrogen-bond donors (Lipinski definition) is 11. The van der Waals surface area contributed by atoms with Crippen LogP contribution in [0, 0.1) is 0 Å². The number of esters is 2. The second-order valence-electron chi connectivity index (χ2n) is 22.7. The zero-order valence-corrected chi connectivity index (χ0v) is 52.8. The lowest BCUT2D eigenvalue weighted by Crippen LogP contribution is -2.66. The molecule has 1 rings (SSSR count). The Balaban J connectivity index is 0.0000108. The molecule has 1 aliphatic rings. The maximum Gasteiger partial charge on any atom is 0.326 e. The summed E-state index contributed by atoms with van der Waals surface area (Å²) in [7, 11) is -2.26. The number of rotatable bonds is 49. The van der Waals surface area contributed by atoms with Gasteiger partial charge in [-0.15, -0.1) is 0 Å². The number of carboxylic acid groups (broad SMARTS) is 1. The molecule has 0 radical (unpaired) electrons. The summed E-state index contributed by atoms with van der Waals surface area (Å²) in [5, 5.41) is 56.6. The van der Waals surface area contributed by atoms with Crippen molar-refractivity contribution in [1.29, 1.82) is 0 Å². The van der Waals surface area contributed by atoms with E-state index in [4.69, 9.17) is 41.0 Å². The number of aliphatic hydroxyl groups is 4. The molecule has 0 aromatic rings. The van der Waals surface area contributed by atoms with Crippen LogP contribution in [0.2, 0.25) is 0 Å².